The van der Waals surface area contributed by atoms with Gasteiger partial charge in [0.2, 0.25) is 0 Å². The van der Waals surface area contributed by atoms with Crippen LogP contribution < -0.4 is 10.2 Å². The molecule has 0 atom stereocenters. The fourth-order valence-electron chi connectivity index (χ4n) is 4.29. The van der Waals surface area contributed by atoms with Gasteiger partial charge >= 0.3 is 180 Å². The molecule has 30 heavy (non-hydrogen) atoms. The normalized spacial score (nSPS) is 25.2. The van der Waals surface area contributed by atoms with E-state index in [4.69, 9.17) is 4.99 Å². The summed E-state index contributed by atoms with van der Waals surface area (Å²) < 4.78 is 12.9. The molecule has 2 heterocycles. The number of hydrogen-bond acceptors (Lipinski definition) is 5. The third kappa shape index (κ3) is 5.05. The number of anilines is 1. The van der Waals surface area contributed by atoms with Crippen molar-refractivity contribution in [3.8, 4) is 0 Å². The van der Waals surface area contributed by atoms with Gasteiger partial charge in [0, 0.05) is 0 Å². The Hall–Kier alpha value is -2.31. The molecule has 0 unspecified atom stereocenters. The van der Waals surface area contributed by atoms with Crippen LogP contribution in [0.15, 0.2) is 34.7 Å². The first-order chi connectivity index (χ1) is 14.4. The molecule has 1 aliphatic carbocycles. The van der Waals surface area contributed by atoms with Crippen LogP contribution in [0.1, 0.15) is 58.6 Å². The Kier molecular flexibility index (Phi) is 7.56. The molecular weight excluding hydrogens is 376 g/mol. The summed E-state index contributed by atoms with van der Waals surface area (Å²) in [5, 5.41) is 3.57. The van der Waals surface area contributed by atoms with Crippen molar-refractivity contribution in [2.75, 3.05) is 18.1 Å². The Balaban J connectivity index is 1.84. The molecular formula is C23H33BFN5. The molecule has 1 aliphatic heterocycles. The van der Waals surface area contributed by atoms with Gasteiger partial charge in [0.05, 0.1) is 0 Å². The van der Waals surface area contributed by atoms with Crippen molar-refractivity contribution >= 4 is 30.3 Å². The van der Waals surface area contributed by atoms with E-state index < -0.39 is 6.67 Å². The van der Waals surface area contributed by atoms with Crippen molar-refractivity contribution in [2.24, 2.45) is 10.9 Å². The van der Waals surface area contributed by atoms with Crippen LogP contribution in [0.2, 0.25) is 0 Å². The van der Waals surface area contributed by atoms with Gasteiger partial charge in [-0.3, -0.25) is 0 Å². The van der Waals surface area contributed by atoms with Crippen LogP contribution in [0.4, 0.5) is 15.9 Å². The number of hydrogen-bond donors (Lipinski definition) is 1. The van der Waals surface area contributed by atoms with Gasteiger partial charge in [-0.1, -0.05) is 0 Å². The van der Waals surface area contributed by atoms with Crippen LogP contribution in [0.3, 0.4) is 0 Å². The Bertz CT molecular complexity index is 868. The van der Waals surface area contributed by atoms with E-state index >= 15 is 0 Å². The van der Waals surface area contributed by atoms with Gasteiger partial charge in [0.15, 0.2) is 0 Å². The number of aliphatic imine (C=N–C) groups is 1. The average molecular weight is 409 g/mol. The first-order valence-electron chi connectivity index (χ1n) is 11.0. The molecule has 1 saturated carbocycles. The third-order valence-corrected chi connectivity index (χ3v) is 6.17. The van der Waals surface area contributed by atoms with Crippen LogP contribution in [0, 0.1) is 12.8 Å². The molecule has 0 amide bonds. The molecule has 3 rings (SSSR count). The molecule has 1 saturated heterocycles. The average Bonchev–Trinajstić information content (AvgIpc) is 3.13. The fourth-order valence-corrected chi connectivity index (χ4v) is 4.29. The maximum absolute atomic E-state index is 12.9. The second-order valence-corrected chi connectivity index (χ2v) is 8.37. The van der Waals surface area contributed by atoms with Gasteiger partial charge in [-0.2, -0.15) is 0 Å². The Morgan fingerprint density at radius 2 is 2.07 bits per heavy atom. The van der Waals surface area contributed by atoms with Crippen LogP contribution in [0.5, 0.6) is 0 Å². The van der Waals surface area contributed by atoms with E-state index in [-0.39, 0.29) is 0 Å². The summed E-state index contributed by atoms with van der Waals surface area (Å²) in [4.78, 5) is 15.9. The Labute approximate surface area is 180 Å². The monoisotopic (exact) mass is 409 g/mol. The minimum absolute atomic E-state index is 0.459. The standard InChI is InChI=1S/C23H33BFN5/c1-5-20-18(10-12-25)11-13-30(20)23-21(16(3)26-14-27-23)28-17(4)22(24)29-19-8-6-15(2)7-9-19/h5,10,14-15,19,24,29H,6-9,11-13H2,1-4H3/b18-10-,20-5+,28-17+. The predicted molar refractivity (Wildman–Crippen MR) is 126 cm³/mol. The van der Waals surface area contributed by atoms with E-state index in [1.165, 1.54) is 25.7 Å². The molecule has 0 radical (unpaired) electrons. The summed E-state index contributed by atoms with van der Waals surface area (Å²) >= 11 is 0. The van der Waals surface area contributed by atoms with Crippen molar-refractivity contribution in [3.63, 3.8) is 0 Å². The van der Waals surface area contributed by atoms with Crippen molar-refractivity contribution in [2.45, 2.75) is 65.8 Å². The van der Waals surface area contributed by atoms with Gasteiger partial charge < -0.3 is 0 Å². The molecule has 0 bridgehead atoms. The summed E-state index contributed by atoms with van der Waals surface area (Å²) in [6, 6.07) is 0.466. The zero-order valence-electron chi connectivity index (χ0n) is 18.7. The first-order valence-corrected chi connectivity index (χ1v) is 11.0. The number of nitrogens with zero attached hydrogens (tertiary/aromatic N) is 4. The summed E-state index contributed by atoms with van der Waals surface area (Å²) in [5.74, 6) is 1.58. The van der Waals surface area contributed by atoms with E-state index in [2.05, 4.69) is 34.6 Å². The topological polar surface area (TPSA) is 53.4 Å². The number of aryl methyl sites for hydroxylation is 1. The molecule has 5 nitrogen and oxygen atoms in total. The third-order valence-electron chi connectivity index (χ3n) is 6.17. The fraction of sp³-hybridized carbons (Fsp3) is 0.565. The van der Waals surface area contributed by atoms with Crippen LogP contribution >= 0.6 is 0 Å². The van der Waals surface area contributed by atoms with Gasteiger partial charge in [0.25, 0.3) is 0 Å². The molecule has 1 aromatic rings. The van der Waals surface area contributed by atoms with E-state index in [1.54, 1.807) is 12.4 Å². The minimum atomic E-state index is -0.459. The molecule has 0 aromatic carbocycles. The maximum atomic E-state index is 12.9. The Morgan fingerprint density at radius 1 is 1.33 bits per heavy atom. The molecule has 0 spiro atoms. The molecule has 7 heteroatoms. The van der Waals surface area contributed by atoms with E-state index in [0.717, 1.165) is 58.7 Å². The van der Waals surface area contributed by atoms with Crippen LogP contribution in [0.25, 0.3) is 0 Å². The number of allylic oxidation sites excluding steroid dienone is 3. The van der Waals surface area contributed by atoms with Gasteiger partial charge in [-0.15, -0.1) is 0 Å². The quantitative estimate of drug-likeness (QED) is 0.568. The van der Waals surface area contributed by atoms with E-state index in [1.807, 2.05) is 26.8 Å². The summed E-state index contributed by atoms with van der Waals surface area (Å²) in [6.45, 7) is 8.51. The second-order valence-electron chi connectivity index (χ2n) is 8.37. The van der Waals surface area contributed by atoms with Crippen molar-refractivity contribution in [3.05, 3.63) is 35.4 Å². The molecule has 2 aliphatic rings. The number of nitrogens with one attached hydrogen (secondary N) is 1. The van der Waals surface area contributed by atoms with Crippen molar-refractivity contribution < 1.29 is 4.39 Å². The van der Waals surface area contributed by atoms with Crippen molar-refractivity contribution in [1.82, 2.24) is 15.3 Å². The molecule has 1 aromatic heterocycles. The van der Waals surface area contributed by atoms with Crippen molar-refractivity contribution in [1.29, 1.82) is 0 Å². The SMILES string of the molecule is B=C(NC1CCC(C)CC1)/C(C)=N/c1c(C)ncnc1N1CCC(=C/CF)/C1=C\C. The summed E-state index contributed by atoms with van der Waals surface area (Å²) in [7, 11) is 4.23. The van der Waals surface area contributed by atoms with Crippen LogP contribution in [-0.2, 0) is 0 Å². The molecule has 1 N–H and O–H groups in total. The number of halogens is 1. The van der Waals surface area contributed by atoms with Gasteiger partial charge in [0.1, 0.15) is 0 Å². The van der Waals surface area contributed by atoms with Gasteiger partial charge in [-0.25, -0.2) is 0 Å². The zero-order valence-corrected chi connectivity index (χ0v) is 18.7. The predicted octanol–water partition coefficient (Wildman–Crippen LogP) is 4.09. The Morgan fingerprint density at radius 3 is 2.73 bits per heavy atom. The number of aromatic nitrogens is 2. The zero-order chi connectivity index (χ0) is 21.7. The van der Waals surface area contributed by atoms with Crippen LogP contribution in [-0.4, -0.2) is 48.0 Å². The molecule has 160 valence electrons. The summed E-state index contributed by atoms with van der Waals surface area (Å²) in [6.07, 6.45) is 10.9. The number of rotatable bonds is 6. The first kappa shape index (κ1) is 22.4. The van der Waals surface area contributed by atoms with Gasteiger partial charge in [-0.05, 0) is 0 Å². The second kappa shape index (κ2) is 10.1. The molecule has 2 fully saturated rings. The van der Waals surface area contributed by atoms with E-state index in [0.29, 0.717) is 6.04 Å². The van der Waals surface area contributed by atoms with E-state index in [9.17, 15) is 4.39 Å². The summed E-state index contributed by atoms with van der Waals surface area (Å²) in [5.41, 5.74) is 5.27. The number of alkyl halides is 1.